The van der Waals surface area contributed by atoms with Crippen LogP contribution in [-0.2, 0) is 11.8 Å². The molecule has 0 bridgehead atoms. The summed E-state index contributed by atoms with van der Waals surface area (Å²) in [5.41, 5.74) is 0.662. The van der Waals surface area contributed by atoms with Crippen molar-refractivity contribution in [3.63, 3.8) is 0 Å². The smallest absolute Gasteiger partial charge is 0.239 e. The van der Waals surface area contributed by atoms with Gasteiger partial charge in [0.25, 0.3) is 0 Å². The monoisotopic (exact) mass is 224 g/mol. The molecule has 1 saturated heterocycles. The third kappa shape index (κ3) is 1.75. The molecule has 86 valence electrons. The molecule has 2 heterocycles. The summed E-state index contributed by atoms with van der Waals surface area (Å²) < 4.78 is 1.55. The van der Waals surface area contributed by atoms with E-state index in [1.54, 1.807) is 24.0 Å². The van der Waals surface area contributed by atoms with Gasteiger partial charge in [0.15, 0.2) is 0 Å². The van der Waals surface area contributed by atoms with Gasteiger partial charge < -0.3 is 5.32 Å². The third-order valence-corrected chi connectivity index (χ3v) is 2.82. The fourth-order valence-corrected chi connectivity index (χ4v) is 1.97. The summed E-state index contributed by atoms with van der Waals surface area (Å²) >= 11 is 0. The molecule has 2 atom stereocenters. The van der Waals surface area contributed by atoms with E-state index in [0.717, 1.165) is 0 Å². The lowest BCUT2D eigenvalue weighted by molar-refractivity contribution is -0.530. The van der Waals surface area contributed by atoms with Crippen LogP contribution in [0.1, 0.15) is 24.6 Å². The number of aromatic nitrogens is 2. The van der Waals surface area contributed by atoms with Crippen molar-refractivity contribution < 1.29 is 9.72 Å². The zero-order chi connectivity index (χ0) is 11.7. The number of rotatable bonds is 2. The molecule has 7 nitrogen and oxygen atoms in total. The Kier molecular flexibility index (Phi) is 2.59. The minimum Gasteiger partial charge on any atom is -0.341 e. The fraction of sp³-hybridized carbons (Fsp3) is 0.556. The van der Waals surface area contributed by atoms with Crippen molar-refractivity contribution in [2.45, 2.75) is 24.9 Å². The van der Waals surface area contributed by atoms with Crippen LogP contribution in [0.2, 0.25) is 0 Å². The summed E-state index contributed by atoms with van der Waals surface area (Å²) in [5, 5.41) is 17.5. The van der Waals surface area contributed by atoms with Crippen molar-refractivity contribution in [2.75, 3.05) is 0 Å². The molecule has 1 fully saturated rings. The second-order valence-electron chi connectivity index (χ2n) is 3.82. The highest BCUT2D eigenvalue weighted by molar-refractivity contribution is 5.77. The van der Waals surface area contributed by atoms with Crippen LogP contribution in [0.3, 0.4) is 0 Å². The first kappa shape index (κ1) is 10.6. The van der Waals surface area contributed by atoms with E-state index in [1.807, 2.05) is 0 Å². The third-order valence-electron chi connectivity index (χ3n) is 2.82. The average Bonchev–Trinajstić information content (AvgIpc) is 2.63. The second-order valence-corrected chi connectivity index (χ2v) is 3.82. The van der Waals surface area contributed by atoms with Gasteiger partial charge in [0.1, 0.15) is 6.04 Å². The molecule has 1 aliphatic rings. The normalized spacial score (nSPS) is 25.2. The van der Waals surface area contributed by atoms with Gasteiger partial charge in [-0.25, -0.2) is 0 Å². The summed E-state index contributed by atoms with van der Waals surface area (Å²) in [4.78, 5) is 21.9. The van der Waals surface area contributed by atoms with Crippen LogP contribution >= 0.6 is 0 Å². The Morgan fingerprint density at radius 1 is 1.69 bits per heavy atom. The minimum absolute atomic E-state index is 0.149. The van der Waals surface area contributed by atoms with Gasteiger partial charge in [-0.2, -0.15) is 5.10 Å². The average molecular weight is 224 g/mol. The van der Waals surface area contributed by atoms with Gasteiger partial charge in [0.05, 0.1) is 5.69 Å². The first-order valence-electron chi connectivity index (χ1n) is 5.00. The molecule has 1 N–H and O–H groups in total. The van der Waals surface area contributed by atoms with Gasteiger partial charge in [0, 0.05) is 31.0 Å². The lowest BCUT2D eigenvalue weighted by Crippen LogP contribution is -2.45. The van der Waals surface area contributed by atoms with Crippen LogP contribution in [-0.4, -0.2) is 26.7 Å². The molecule has 0 saturated carbocycles. The standard InChI is InChI=1S/C9H12N4O3/c1-12-6(4-5-10-12)9-7(13(15)16)2-3-8(14)11-9/h4-5,7,9H,2-3H2,1H3,(H,11,14)/t7-,9+/m1/s1. The maximum absolute atomic E-state index is 11.3. The molecule has 0 aromatic carbocycles. The van der Waals surface area contributed by atoms with E-state index < -0.39 is 12.1 Å². The predicted molar refractivity (Wildman–Crippen MR) is 54.1 cm³/mol. The Morgan fingerprint density at radius 2 is 2.44 bits per heavy atom. The molecule has 0 aliphatic carbocycles. The minimum atomic E-state index is -0.770. The van der Waals surface area contributed by atoms with Crippen molar-refractivity contribution in [3.05, 3.63) is 28.1 Å². The summed E-state index contributed by atoms with van der Waals surface area (Å²) in [6.45, 7) is 0. The van der Waals surface area contributed by atoms with Crippen molar-refractivity contribution in [1.82, 2.24) is 15.1 Å². The molecule has 7 heteroatoms. The number of amides is 1. The largest absolute Gasteiger partial charge is 0.341 e. The predicted octanol–water partition coefficient (Wildman–Crippen LogP) is 0.0165. The number of hydrogen-bond donors (Lipinski definition) is 1. The van der Waals surface area contributed by atoms with Crippen molar-refractivity contribution >= 4 is 5.91 Å². The SMILES string of the molecule is Cn1nccc1[C@@H]1NC(=O)CC[C@H]1[N+](=O)[O-]. The molecule has 0 spiro atoms. The van der Waals surface area contributed by atoms with Gasteiger partial charge in [-0.1, -0.05) is 0 Å². The molecule has 1 amide bonds. The van der Waals surface area contributed by atoms with E-state index >= 15 is 0 Å². The summed E-state index contributed by atoms with van der Waals surface area (Å²) in [6.07, 6.45) is 2.04. The van der Waals surface area contributed by atoms with Gasteiger partial charge >= 0.3 is 0 Å². The van der Waals surface area contributed by atoms with Crippen molar-refractivity contribution in [1.29, 1.82) is 0 Å². The van der Waals surface area contributed by atoms with Crippen molar-refractivity contribution in [3.8, 4) is 0 Å². The topological polar surface area (TPSA) is 90.1 Å². The van der Waals surface area contributed by atoms with Crippen LogP contribution in [0.4, 0.5) is 0 Å². The fourth-order valence-electron chi connectivity index (χ4n) is 1.97. The Balaban J connectivity index is 2.31. The molecule has 16 heavy (non-hydrogen) atoms. The highest BCUT2D eigenvalue weighted by Crippen LogP contribution is 2.25. The van der Waals surface area contributed by atoms with Gasteiger partial charge in [-0.05, 0) is 6.07 Å². The first-order chi connectivity index (χ1) is 7.59. The van der Waals surface area contributed by atoms with Crippen LogP contribution in [0.15, 0.2) is 12.3 Å². The molecule has 1 aromatic heterocycles. The zero-order valence-corrected chi connectivity index (χ0v) is 8.79. The number of nitro groups is 1. The number of piperidine rings is 1. The van der Waals surface area contributed by atoms with E-state index in [0.29, 0.717) is 5.69 Å². The number of carbonyl (C=O) groups excluding carboxylic acids is 1. The quantitative estimate of drug-likeness (QED) is 0.566. The van der Waals surface area contributed by atoms with E-state index in [1.165, 1.54) is 0 Å². The summed E-state index contributed by atoms with van der Waals surface area (Å²) in [6, 6.07) is 0.337. The highest BCUT2D eigenvalue weighted by Gasteiger charge is 2.39. The second kappa shape index (κ2) is 3.92. The Labute approximate surface area is 91.6 Å². The molecular weight excluding hydrogens is 212 g/mol. The van der Waals surface area contributed by atoms with E-state index in [4.69, 9.17) is 0 Å². The van der Waals surface area contributed by atoms with Crippen LogP contribution in [0, 0.1) is 10.1 Å². The Hall–Kier alpha value is -1.92. The van der Waals surface area contributed by atoms with E-state index in [9.17, 15) is 14.9 Å². The molecule has 0 radical (unpaired) electrons. The molecule has 2 rings (SSSR count). The van der Waals surface area contributed by atoms with Crippen LogP contribution < -0.4 is 5.32 Å². The number of carbonyl (C=O) groups is 1. The van der Waals surface area contributed by atoms with Gasteiger partial charge in [-0.15, -0.1) is 0 Å². The summed E-state index contributed by atoms with van der Waals surface area (Å²) in [7, 11) is 1.70. The van der Waals surface area contributed by atoms with Crippen molar-refractivity contribution in [2.24, 2.45) is 7.05 Å². The van der Waals surface area contributed by atoms with E-state index in [-0.39, 0.29) is 23.7 Å². The maximum Gasteiger partial charge on any atom is 0.239 e. The molecule has 1 aliphatic heterocycles. The molecule has 0 unspecified atom stereocenters. The molecular formula is C9H12N4O3. The zero-order valence-electron chi connectivity index (χ0n) is 8.79. The Morgan fingerprint density at radius 3 is 3.00 bits per heavy atom. The first-order valence-corrected chi connectivity index (χ1v) is 5.00. The number of nitrogens with one attached hydrogen (secondary N) is 1. The lowest BCUT2D eigenvalue weighted by Gasteiger charge is -2.26. The van der Waals surface area contributed by atoms with Crippen LogP contribution in [0.25, 0.3) is 0 Å². The lowest BCUT2D eigenvalue weighted by atomic mass is 9.96. The maximum atomic E-state index is 11.3. The van der Waals surface area contributed by atoms with Gasteiger partial charge in [-0.3, -0.25) is 19.6 Å². The number of aryl methyl sites for hydroxylation is 1. The summed E-state index contributed by atoms with van der Waals surface area (Å²) in [5.74, 6) is -0.149. The number of hydrogen-bond acceptors (Lipinski definition) is 4. The Bertz CT molecular complexity index is 428. The van der Waals surface area contributed by atoms with E-state index in [2.05, 4.69) is 10.4 Å². The van der Waals surface area contributed by atoms with Crippen LogP contribution in [0.5, 0.6) is 0 Å². The molecule has 1 aromatic rings. The van der Waals surface area contributed by atoms with Gasteiger partial charge in [0.2, 0.25) is 11.9 Å². The number of nitrogens with zero attached hydrogens (tertiary/aromatic N) is 3. The highest BCUT2D eigenvalue weighted by atomic mass is 16.6.